The lowest BCUT2D eigenvalue weighted by Gasteiger charge is -2.15. The highest BCUT2D eigenvalue weighted by Crippen LogP contribution is 2.14. The van der Waals surface area contributed by atoms with Gasteiger partial charge in [0, 0.05) is 12.6 Å². The predicted octanol–water partition coefficient (Wildman–Crippen LogP) is 2.32. The Bertz CT molecular complexity index is 903. The number of fused-ring (bicyclic) bond motifs is 1. The summed E-state index contributed by atoms with van der Waals surface area (Å²) in [6.07, 6.45) is 2.56. The predicted molar refractivity (Wildman–Crippen MR) is 93.6 cm³/mol. The van der Waals surface area contributed by atoms with Gasteiger partial charge in [0.15, 0.2) is 0 Å². The molecule has 0 spiro atoms. The van der Waals surface area contributed by atoms with Gasteiger partial charge in [0.05, 0.1) is 5.69 Å². The van der Waals surface area contributed by atoms with Crippen LogP contribution in [0.25, 0.3) is 5.65 Å². The minimum atomic E-state index is -1.07. The summed E-state index contributed by atoms with van der Waals surface area (Å²) in [6.45, 7) is 1.91. The largest absolute Gasteiger partial charge is 0.480 e. The van der Waals surface area contributed by atoms with E-state index in [1.807, 2.05) is 55.5 Å². The average molecular weight is 337 g/mol. The second-order valence-electron chi connectivity index (χ2n) is 5.74. The van der Waals surface area contributed by atoms with Gasteiger partial charge >= 0.3 is 5.97 Å². The third-order valence-corrected chi connectivity index (χ3v) is 4.04. The van der Waals surface area contributed by atoms with E-state index in [0.29, 0.717) is 23.5 Å². The van der Waals surface area contributed by atoms with Crippen molar-refractivity contribution >= 4 is 17.5 Å². The molecule has 1 atom stereocenters. The summed E-state index contributed by atoms with van der Waals surface area (Å²) in [5.41, 5.74) is 2.55. The van der Waals surface area contributed by atoms with Gasteiger partial charge in [-0.1, -0.05) is 43.3 Å². The Morgan fingerprint density at radius 1 is 1.16 bits per heavy atom. The van der Waals surface area contributed by atoms with E-state index in [0.717, 1.165) is 5.56 Å². The lowest BCUT2D eigenvalue weighted by atomic mass is 10.1. The smallest absolute Gasteiger partial charge is 0.326 e. The van der Waals surface area contributed by atoms with Crippen molar-refractivity contribution in [3.05, 3.63) is 71.7 Å². The lowest BCUT2D eigenvalue weighted by Crippen LogP contribution is -2.43. The minimum absolute atomic E-state index is 0.222. The standard InChI is InChI=1S/C19H19N3O3/c1-2-14-17(22-11-7-6-10-16(22)20-14)18(23)21-15(19(24)25)12-13-8-4-3-5-9-13/h3-11,15H,2,12H2,1H3,(H,21,23)(H,24,25). The first-order valence-corrected chi connectivity index (χ1v) is 8.13. The Hall–Kier alpha value is -3.15. The Kier molecular flexibility index (Phi) is 4.79. The van der Waals surface area contributed by atoms with Crippen molar-refractivity contribution in [2.75, 3.05) is 0 Å². The third kappa shape index (κ3) is 3.52. The van der Waals surface area contributed by atoms with Gasteiger partial charge in [-0.05, 0) is 24.1 Å². The molecule has 0 saturated heterocycles. The molecule has 1 aromatic carbocycles. The molecular formula is C19H19N3O3. The monoisotopic (exact) mass is 337 g/mol. The highest BCUT2D eigenvalue weighted by Gasteiger charge is 2.25. The number of carboxylic acids is 1. The second kappa shape index (κ2) is 7.17. The first-order chi connectivity index (χ1) is 12.1. The number of benzene rings is 1. The summed E-state index contributed by atoms with van der Waals surface area (Å²) in [7, 11) is 0. The Morgan fingerprint density at radius 3 is 2.56 bits per heavy atom. The molecule has 25 heavy (non-hydrogen) atoms. The Labute approximate surface area is 145 Å². The minimum Gasteiger partial charge on any atom is -0.480 e. The summed E-state index contributed by atoms with van der Waals surface area (Å²) < 4.78 is 1.69. The number of carbonyl (C=O) groups is 2. The molecule has 6 nitrogen and oxygen atoms in total. The molecule has 1 amide bonds. The molecule has 2 heterocycles. The van der Waals surface area contributed by atoms with Crippen LogP contribution in [-0.2, 0) is 17.6 Å². The van der Waals surface area contributed by atoms with Crippen molar-refractivity contribution < 1.29 is 14.7 Å². The number of carbonyl (C=O) groups excluding carboxylic acids is 1. The van der Waals surface area contributed by atoms with Crippen LogP contribution < -0.4 is 5.32 Å². The summed E-state index contributed by atoms with van der Waals surface area (Å²) in [4.78, 5) is 28.8. The number of nitrogens with zero attached hydrogens (tertiary/aromatic N) is 2. The molecule has 2 N–H and O–H groups in total. The molecule has 6 heteroatoms. The molecule has 0 bridgehead atoms. The molecule has 2 aromatic heterocycles. The van der Waals surface area contributed by atoms with Gasteiger partial charge in [0.1, 0.15) is 17.4 Å². The van der Waals surface area contributed by atoms with E-state index in [4.69, 9.17) is 0 Å². The van der Waals surface area contributed by atoms with Crippen LogP contribution in [0.15, 0.2) is 54.7 Å². The van der Waals surface area contributed by atoms with Crippen LogP contribution >= 0.6 is 0 Å². The molecule has 0 aliphatic rings. The van der Waals surface area contributed by atoms with Gasteiger partial charge in [0.25, 0.3) is 5.91 Å². The lowest BCUT2D eigenvalue weighted by molar-refractivity contribution is -0.139. The van der Waals surface area contributed by atoms with Crippen LogP contribution in [0.1, 0.15) is 28.7 Å². The van der Waals surface area contributed by atoms with Crippen LogP contribution in [-0.4, -0.2) is 32.4 Å². The zero-order valence-electron chi connectivity index (χ0n) is 13.8. The molecule has 128 valence electrons. The number of imidazole rings is 1. The molecule has 0 radical (unpaired) electrons. The number of aryl methyl sites for hydroxylation is 1. The SMILES string of the molecule is CCc1nc2ccccn2c1C(=O)NC(Cc1ccccc1)C(=O)O. The third-order valence-electron chi connectivity index (χ3n) is 4.04. The first kappa shape index (κ1) is 16.7. The number of aliphatic carboxylic acids is 1. The number of amides is 1. The van der Waals surface area contributed by atoms with Gasteiger partial charge < -0.3 is 10.4 Å². The zero-order chi connectivity index (χ0) is 17.8. The van der Waals surface area contributed by atoms with Gasteiger partial charge in [0.2, 0.25) is 0 Å². The quantitative estimate of drug-likeness (QED) is 0.723. The van der Waals surface area contributed by atoms with Crippen molar-refractivity contribution in [3.8, 4) is 0 Å². The van der Waals surface area contributed by atoms with E-state index in [-0.39, 0.29) is 6.42 Å². The summed E-state index contributed by atoms with van der Waals surface area (Å²) in [5, 5.41) is 12.1. The van der Waals surface area contributed by atoms with Crippen molar-refractivity contribution in [2.24, 2.45) is 0 Å². The summed E-state index contributed by atoms with van der Waals surface area (Å²) in [5.74, 6) is -1.50. The number of aromatic nitrogens is 2. The Morgan fingerprint density at radius 2 is 1.88 bits per heavy atom. The highest BCUT2D eigenvalue weighted by molar-refractivity contribution is 5.97. The second-order valence-corrected chi connectivity index (χ2v) is 5.74. The van der Waals surface area contributed by atoms with E-state index in [1.54, 1.807) is 10.6 Å². The normalized spacial score (nSPS) is 12.0. The maximum absolute atomic E-state index is 12.8. The van der Waals surface area contributed by atoms with E-state index in [9.17, 15) is 14.7 Å². The van der Waals surface area contributed by atoms with Gasteiger partial charge in [-0.3, -0.25) is 9.20 Å². The summed E-state index contributed by atoms with van der Waals surface area (Å²) in [6, 6.07) is 13.7. The van der Waals surface area contributed by atoms with Crippen molar-refractivity contribution in [2.45, 2.75) is 25.8 Å². The van der Waals surface area contributed by atoms with Crippen LogP contribution in [0, 0.1) is 0 Å². The maximum atomic E-state index is 12.8. The molecule has 0 fully saturated rings. The van der Waals surface area contributed by atoms with E-state index < -0.39 is 17.9 Å². The van der Waals surface area contributed by atoms with Gasteiger partial charge in [-0.2, -0.15) is 0 Å². The van der Waals surface area contributed by atoms with E-state index in [2.05, 4.69) is 10.3 Å². The number of pyridine rings is 1. The van der Waals surface area contributed by atoms with E-state index >= 15 is 0 Å². The highest BCUT2D eigenvalue weighted by atomic mass is 16.4. The molecule has 0 aliphatic heterocycles. The number of hydrogen-bond donors (Lipinski definition) is 2. The number of hydrogen-bond acceptors (Lipinski definition) is 3. The molecule has 1 unspecified atom stereocenters. The fraction of sp³-hybridized carbons (Fsp3) is 0.211. The van der Waals surface area contributed by atoms with Crippen molar-refractivity contribution in [1.29, 1.82) is 0 Å². The van der Waals surface area contributed by atoms with Crippen LogP contribution in [0.4, 0.5) is 0 Å². The maximum Gasteiger partial charge on any atom is 0.326 e. The fourth-order valence-electron chi connectivity index (χ4n) is 2.81. The molecule has 0 saturated carbocycles. The first-order valence-electron chi connectivity index (χ1n) is 8.13. The number of nitrogens with one attached hydrogen (secondary N) is 1. The zero-order valence-corrected chi connectivity index (χ0v) is 13.8. The Balaban J connectivity index is 1.88. The number of carboxylic acid groups (broad SMARTS) is 1. The van der Waals surface area contributed by atoms with Crippen molar-refractivity contribution in [1.82, 2.24) is 14.7 Å². The topological polar surface area (TPSA) is 83.7 Å². The molecular weight excluding hydrogens is 318 g/mol. The number of rotatable bonds is 6. The van der Waals surface area contributed by atoms with Crippen LogP contribution in [0.2, 0.25) is 0 Å². The molecule has 0 aliphatic carbocycles. The van der Waals surface area contributed by atoms with E-state index in [1.165, 1.54) is 0 Å². The van der Waals surface area contributed by atoms with Crippen LogP contribution in [0.3, 0.4) is 0 Å². The van der Waals surface area contributed by atoms with Gasteiger partial charge in [-0.15, -0.1) is 0 Å². The van der Waals surface area contributed by atoms with Crippen LogP contribution in [0.5, 0.6) is 0 Å². The molecule has 3 aromatic rings. The average Bonchev–Trinajstić information content (AvgIpc) is 3.00. The van der Waals surface area contributed by atoms with Crippen molar-refractivity contribution in [3.63, 3.8) is 0 Å². The van der Waals surface area contributed by atoms with Gasteiger partial charge in [-0.25, -0.2) is 9.78 Å². The summed E-state index contributed by atoms with van der Waals surface area (Å²) >= 11 is 0. The fourth-order valence-corrected chi connectivity index (χ4v) is 2.81. The molecule has 3 rings (SSSR count).